The highest BCUT2D eigenvalue weighted by Gasteiger charge is 2.18. The molecule has 0 atom stereocenters. The molecule has 7 nitrogen and oxygen atoms in total. The van der Waals surface area contributed by atoms with Gasteiger partial charge in [0.15, 0.2) is 0 Å². The van der Waals surface area contributed by atoms with Crippen LogP contribution in [0.25, 0.3) is 11.4 Å². The molecule has 0 aliphatic rings. The van der Waals surface area contributed by atoms with Crippen molar-refractivity contribution in [2.45, 2.75) is 0 Å². The monoisotopic (exact) mass is 206 g/mol. The van der Waals surface area contributed by atoms with Crippen molar-refractivity contribution in [3.8, 4) is 11.4 Å². The lowest BCUT2D eigenvalue weighted by Crippen LogP contribution is -1.92. The molecular formula is C8H6N4O3. The zero-order valence-corrected chi connectivity index (χ0v) is 7.45. The van der Waals surface area contributed by atoms with Crippen molar-refractivity contribution in [2.24, 2.45) is 0 Å². The van der Waals surface area contributed by atoms with Gasteiger partial charge in [0.2, 0.25) is 5.82 Å². The number of para-hydroxylation sites is 1. The molecule has 76 valence electrons. The number of rotatable bonds is 2. The summed E-state index contributed by atoms with van der Waals surface area (Å²) >= 11 is 0. The van der Waals surface area contributed by atoms with Crippen LogP contribution in [0.4, 0.5) is 11.7 Å². The number of anilines is 1. The number of nitrogen functional groups attached to an aromatic ring is 1. The molecule has 1 heterocycles. The molecule has 0 aliphatic heterocycles. The molecule has 0 saturated carbocycles. The average molecular weight is 206 g/mol. The van der Waals surface area contributed by atoms with E-state index in [2.05, 4.69) is 14.7 Å². The van der Waals surface area contributed by atoms with E-state index in [1.807, 2.05) is 0 Å². The SMILES string of the molecule is Nc1nc(-c2ccccc2[N+](=O)[O-])no1. The molecule has 1 aromatic heterocycles. The number of nitro groups is 1. The van der Waals surface area contributed by atoms with E-state index in [4.69, 9.17) is 5.73 Å². The van der Waals surface area contributed by atoms with Gasteiger partial charge in [-0.2, -0.15) is 4.98 Å². The first-order chi connectivity index (χ1) is 7.18. The van der Waals surface area contributed by atoms with Gasteiger partial charge in [0.1, 0.15) is 5.56 Å². The first-order valence-electron chi connectivity index (χ1n) is 4.01. The van der Waals surface area contributed by atoms with Crippen LogP contribution in [0.3, 0.4) is 0 Å². The van der Waals surface area contributed by atoms with Gasteiger partial charge in [-0.3, -0.25) is 10.1 Å². The first-order valence-corrected chi connectivity index (χ1v) is 4.01. The van der Waals surface area contributed by atoms with Crippen LogP contribution in [-0.2, 0) is 0 Å². The lowest BCUT2D eigenvalue weighted by molar-refractivity contribution is -0.384. The van der Waals surface area contributed by atoms with Crippen LogP contribution >= 0.6 is 0 Å². The normalized spacial score (nSPS) is 10.1. The van der Waals surface area contributed by atoms with Crippen molar-refractivity contribution in [2.75, 3.05) is 5.73 Å². The molecular weight excluding hydrogens is 200 g/mol. The van der Waals surface area contributed by atoms with E-state index in [0.29, 0.717) is 0 Å². The summed E-state index contributed by atoms with van der Waals surface area (Å²) in [6.07, 6.45) is 0. The van der Waals surface area contributed by atoms with Gasteiger partial charge in [-0.15, -0.1) is 0 Å². The van der Waals surface area contributed by atoms with Crippen molar-refractivity contribution in [1.29, 1.82) is 0 Å². The fourth-order valence-corrected chi connectivity index (χ4v) is 1.17. The van der Waals surface area contributed by atoms with Crippen LogP contribution in [-0.4, -0.2) is 15.1 Å². The smallest absolute Gasteiger partial charge is 0.319 e. The number of aromatic nitrogens is 2. The lowest BCUT2D eigenvalue weighted by atomic mass is 10.2. The Morgan fingerprint density at radius 1 is 1.40 bits per heavy atom. The third-order valence-electron chi connectivity index (χ3n) is 1.78. The standard InChI is InChI=1S/C8H6N4O3/c9-8-10-7(11-15-8)5-3-1-2-4-6(5)12(13)14/h1-4H,(H2,9,10,11). The maximum absolute atomic E-state index is 10.7. The van der Waals surface area contributed by atoms with Crippen LogP contribution in [0.1, 0.15) is 0 Å². The van der Waals surface area contributed by atoms with E-state index in [0.717, 1.165) is 0 Å². The Balaban J connectivity index is 2.57. The molecule has 0 aliphatic carbocycles. The number of nitrogens with zero attached hydrogens (tertiary/aromatic N) is 3. The average Bonchev–Trinajstić information content (AvgIpc) is 2.65. The molecule has 0 bridgehead atoms. The quantitative estimate of drug-likeness (QED) is 0.584. The third-order valence-corrected chi connectivity index (χ3v) is 1.78. The maximum atomic E-state index is 10.7. The summed E-state index contributed by atoms with van der Waals surface area (Å²) in [7, 11) is 0. The summed E-state index contributed by atoms with van der Waals surface area (Å²) in [4.78, 5) is 13.9. The molecule has 7 heteroatoms. The number of hydrogen-bond acceptors (Lipinski definition) is 6. The minimum absolute atomic E-state index is 0.0849. The van der Waals surface area contributed by atoms with Crippen molar-refractivity contribution >= 4 is 11.7 Å². The Hall–Kier alpha value is -2.44. The van der Waals surface area contributed by atoms with Crippen LogP contribution < -0.4 is 5.73 Å². The van der Waals surface area contributed by atoms with Crippen molar-refractivity contribution in [3.63, 3.8) is 0 Å². The second-order valence-electron chi connectivity index (χ2n) is 2.73. The zero-order valence-electron chi connectivity index (χ0n) is 7.45. The number of benzene rings is 1. The van der Waals surface area contributed by atoms with E-state index < -0.39 is 4.92 Å². The molecule has 0 amide bonds. The van der Waals surface area contributed by atoms with Gasteiger partial charge in [-0.05, 0) is 6.07 Å². The predicted octanol–water partition coefficient (Wildman–Crippen LogP) is 1.23. The summed E-state index contributed by atoms with van der Waals surface area (Å²) < 4.78 is 4.55. The molecule has 2 N–H and O–H groups in total. The van der Waals surface area contributed by atoms with E-state index in [9.17, 15) is 10.1 Å². The van der Waals surface area contributed by atoms with Crippen molar-refractivity contribution < 1.29 is 9.45 Å². The second-order valence-corrected chi connectivity index (χ2v) is 2.73. The van der Waals surface area contributed by atoms with Crippen molar-refractivity contribution in [1.82, 2.24) is 10.1 Å². The second kappa shape index (κ2) is 3.37. The maximum Gasteiger partial charge on any atom is 0.319 e. The number of nitrogens with two attached hydrogens (primary N) is 1. The van der Waals surface area contributed by atoms with Gasteiger partial charge < -0.3 is 10.3 Å². The Morgan fingerprint density at radius 2 is 2.13 bits per heavy atom. The van der Waals surface area contributed by atoms with Gasteiger partial charge in [-0.25, -0.2) is 0 Å². The summed E-state index contributed by atoms with van der Waals surface area (Å²) in [6.45, 7) is 0. The van der Waals surface area contributed by atoms with E-state index >= 15 is 0 Å². The van der Waals surface area contributed by atoms with Crippen LogP contribution in [0.2, 0.25) is 0 Å². The Kier molecular flexibility index (Phi) is 2.05. The van der Waals surface area contributed by atoms with Gasteiger partial charge in [-0.1, -0.05) is 17.3 Å². The molecule has 2 rings (SSSR count). The Bertz CT molecular complexity index is 508. The van der Waals surface area contributed by atoms with Crippen LogP contribution in [0.5, 0.6) is 0 Å². The van der Waals surface area contributed by atoms with Crippen LogP contribution in [0, 0.1) is 10.1 Å². The lowest BCUT2D eigenvalue weighted by Gasteiger charge is -1.95. The minimum atomic E-state index is -0.512. The third kappa shape index (κ3) is 1.62. The molecule has 0 spiro atoms. The minimum Gasteiger partial charge on any atom is -0.351 e. The van der Waals surface area contributed by atoms with Gasteiger partial charge in [0.05, 0.1) is 4.92 Å². The molecule has 0 unspecified atom stereocenters. The highest BCUT2D eigenvalue weighted by atomic mass is 16.6. The van der Waals surface area contributed by atoms with E-state index in [1.54, 1.807) is 12.1 Å². The fourth-order valence-electron chi connectivity index (χ4n) is 1.17. The Morgan fingerprint density at radius 3 is 2.73 bits per heavy atom. The Labute approximate surface area is 83.7 Å². The zero-order chi connectivity index (χ0) is 10.8. The molecule has 15 heavy (non-hydrogen) atoms. The number of hydrogen-bond donors (Lipinski definition) is 1. The van der Waals surface area contributed by atoms with Gasteiger partial charge >= 0.3 is 6.01 Å². The predicted molar refractivity (Wildman–Crippen MR) is 50.8 cm³/mol. The fraction of sp³-hybridized carbons (Fsp3) is 0. The summed E-state index contributed by atoms with van der Waals surface area (Å²) in [5.74, 6) is 0.111. The molecule has 1 aromatic carbocycles. The highest BCUT2D eigenvalue weighted by molar-refractivity contribution is 5.67. The highest BCUT2D eigenvalue weighted by Crippen LogP contribution is 2.27. The van der Waals surface area contributed by atoms with Gasteiger partial charge in [0.25, 0.3) is 5.69 Å². The van der Waals surface area contributed by atoms with Gasteiger partial charge in [0, 0.05) is 6.07 Å². The molecule has 0 fully saturated rings. The topological polar surface area (TPSA) is 108 Å². The van der Waals surface area contributed by atoms with E-state index in [-0.39, 0.29) is 23.1 Å². The molecule has 0 radical (unpaired) electrons. The van der Waals surface area contributed by atoms with E-state index in [1.165, 1.54) is 12.1 Å². The summed E-state index contributed by atoms with van der Waals surface area (Å²) in [5.41, 5.74) is 5.43. The number of nitro benzene ring substituents is 1. The summed E-state index contributed by atoms with van der Waals surface area (Å²) in [5, 5.41) is 14.2. The molecule has 2 aromatic rings. The largest absolute Gasteiger partial charge is 0.351 e. The van der Waals surface area contributed by atoms with Crippen LogP contribution in [0.15, 0.2) is 28.8 Å². The molecule has 0 saturated heterocycles. The first kappa shape index (κ1) is 9.13. The van der Waals surface area contributed by atoms with Crippen molar-refractivity contribution in [3.05, 3.63) is 34.4 Å². The summed E-state index contributed by atoms with van der Waals surface area (Å²) in [6, 6.07) is 5.98.